The van der Waals surface area contributed by atoms with Crippen LogP contribution in [0.5, 0.6) is 0 Å². The quantitative estimate of drug-likeness (QED) is 0.710. The first-order chi connectivity index (χ1) is 10.9. The highest BCUT2D eigenvalue weighted by molar-refractivity contribution is 6.40. The van der Waals surface area contributed by atoms with Gasteiger partial charge in [-0.1, -0.05) is 11.6 Å². The number of benzene rings is 1. The number of nitrogens with zero attached hydrogens (tertiary/aromatic N) is 1. The number of carbonyl (C=O) groups is 3. The highest BCUT2D eigenvalue weighted by Crippen LogP contribution is 2.31. The van der Waals surface area contributed by atoms with Crippen LogP contribution in [-0.2, 0) is 14.4 Å². The molecule has 1 fully saturated rings. The van der Waals surface area contributed by atoms with Gasteiger partial charge in [0.15, 0.2) is 0 Å². The first-order valence-electron chi connectivity index (χ1n) is 7.25. The molecule has 0 spiro atoms. The highest BCUT2D eigenvalue weighted by atomic mass is 35.5. The summed E-state index contributed by atoms with van der Waals surface area (Å²) in [4.78, 5) is 36.7. The fourth-order valence-electron chi connectivity index (χ4n) is 2.23. The van der Waals surface area contributed by atoms with Gasteiger partial charge in [0.05, 0.1) is 17.3 Å². The van der Waals surface area contributed by atoms with Gasteiger partial charge in [0.2, 0.25) is 5.91 Å². The maximum atomic E-state index is 11.8. The van der Waals surface area contributed by atoms with Gasteiger partial charge in [0.25, 0.3) is 0 Å². The summed E-state index contributed by atoms with van der Waals surface area (Å²) in [5.74, 6) is -1.69. The summed E-state index contributed by atoms with van der Waals surface area (Å²) >= 11 is 6.17. The molecule has 1 saturated heterocycles. The predicted octanol–water partition coefficient (Wildman–Crippen LogP) is 0.902. The molecule has 1 aromatic rings. The lowest BCUT2D eigenvalue weighted by atomic mass is 10.2. The van der Waals surface area contributed by atoms with Crippen LogP contribution in [0, 0.1) is 0 Å². The van der Waals surface area contributed by atoms with E-state index >= 15 is 0 Å². The van der Waals surface area contributed by atoms with Crippen molar-refractivity contribution in [3.8, 4) is 0 Å². The topological polar surface area (TPSA) is 98.7 Å². The van der Waals surface area contributed by atoms with E-state index in [0.717, 1.165) is 6.42 Å². The lowest BCUT2D eigenvalue weighted by molar-refractivity contribution is -0.136. The Morgan fingerprint density at radius 1 is 1.39 bits per heavy atom. The number of aliphatic hydroxyl groups excluding tert-OH is 1. The average molecular weight is 340 g/mol. The summed E-state index contributed by atoms with van der Waals surface area (Å²) in [6.45, 7) is 1.93. The number of aliphatic hydroxyl groups is 1. The lowest BCUT2D eigenvalue weighted by Gasteiger charge is -2.18. The van der Waals surface area contributed by atoms with Gasteiger partial charge in [-0.25, -0.2) is 0 Å². The van der Waals surface area contributed by atoms with Gasteiger partial charge in [-0.15, -0.1) is 0 Å². The minimum atomic E-state index is -0.855. The third-order valence-electron chi connectivity index (χ3n) is 3.43. The van der Waals surface area contributed by atoms with Crippen molar-refractivity contribution in [2.75, 3.05) is 23.4 Å². The minimum absolute atomic E-state index is 0.0149. The second kappa shape index (κ2) is 7.43. The number of nitrogens with one attached hydrogen (secondary N) is 2. The van der Waals surface area contributed by atoms with Crippen molar-refractivity contribution >= 4 is 40.7 Å². The number of anilines is 2. The zero-order valence-electron chi connectivity index (χ0n) is 12.6. The molecule has 23 heavy (non-hydrogen) atoms. The van der Waals surface area contributed by atoms with Crippen LogP contribution in [0.1, 0.15) is 19.8 Å². The van der Waals surface area contributed by atoms with Crippen LogP contribution in [0.2, 0.25) is 5.02 Å². The number of amides is 3. The van der Waals surface area contributed by atoms with Gasteiger partial charge >= 0.3 is 11.8 Å². The van der Waals surface area contributed by atoms with Crippen LogP contribution in [0.25, 0.3) is 0 Å². The van der Waals surface area contributed by atoms with E-state index in [1.54, 1.807) is 24.0 Å². The second-order valence-electron chi connectivity index (χ2n) is 5.33. The Morgan fingerprint density at radius 3 is 2.70 bits per heavy atom. The first kappa shape index (κ1) is 17.2. The Morgan fingerprint density at radius 2 is 2.13 bits per heavy atom. The number of carbonyl (C=O) groups excluding carboxylic acids is 3. The molecule has 1 atom stereocenters. The Kier molecular flexibility index (Phi) is 5.57. The van der Waals surface area contributed by atoms with E-state index in [-0.39, 0.29) is 12.5 Å². The molecule has 1 aromatic carbocycles. The van der Waals surface area contributed by atoms with E-state index in [1.165, 1.54) is 6.07 Å². The third-order valence-corrected chi connectivity index (χ3v) is 3.73. The van der Waals surface area contributed by atoms with Crippen molar-refractivity contribution in [1.82, 2.24) is 5.32 Å². The van der Waals surface area contributed by atoms with E-state index < -0.39 is 17.9 Å². The summed E-state index contributed by atoms with van der Waals surface area (Å²) < 4.78 is 0. The van der Waals surface area contributed by atoms with Crippen LogP contribution in [0.15, 0.2) is 18.2 Å². The molecule has 1 aliphatic heterocycles. The summed E-state index contributed by atoms with van der Waals surface area (Å²) in [6, 6.07) is 4.19. The van der Waals surface area contributed by atoms with Crippen molar-refractivity contribution in [2.45, 2.75) is 25.8 Å². The Balaban J connectivity index is 2.04. The normalized spacial score (nSPS) is 15.4. The minimum Gasteiger partial charge on any atom is -0.394 e. The van der Waals surface area contributed by atoms with Crippen molar-refractivity contribution in [3.05, 3.63) is 23.2 Å². The third kappa shape index (κ3) is 4.20. The van der Waals surface area contributed by atoms with E-state index in [0.29, 0.717) is 29.4 Å². The van der Waals surface area contributed by atoms with Crippen LogP contribution in [0.4, 0.5) is 11.4 Å². The zero-order valence-corrected chi connectivity index (χ0v) is 13.4. The van der Waals surface area contributed by atoms with E-state index in [1.807, 2.05) is 0 Å². The molecule has 8 heteroatoms. The summed E-state index contributed by atoms with van der Waals surface area (Å²) in [6.07, 6.45) is 1.29. The fraction of sp³-hybridized carbons (Fsp3) is 0.400. The molecule has 0 aromatic heterocycles. The Bertz CT molecular complexity index is 635. The molecule has 1 heterocycles. The van der Waals surface area contributed by atoms with E-state index in [2.05, 4.69) is 10.6 Å². The Labute approximate surface area is 138 Å². The molecule has 3 N–H and O–H groups in total. The smallest absolute Gasteiger partial charge is 0.313 e. The Hall–Kier alpha value is -2.12. The van der Waals surface area contributed by atoms with Crippen molar-refractivity contribution in [3.63, 3.8) is 0 Å². The molecule has 0 unspecified atom stereocenters. The fourth-order valence-corrected chi connectivity index (χ4v) is 2.51. The standard InChI is InChI=1S/C15H18ClN3O4/c1-9(8-20)17-14(22)15(23)18-10-4-5-12(11(16)7-10)19-6-2-3-13(19)21/h4-5,7,9,20H,2-3,6,8H2,1H3,(H,17,22)(H,18,23)/t9-/m1/s1. The summed E-state index contributed by atoms with van der Waals surface area (Å²) in [5.41, 5.74) is 0.938. The van der Waals surface area contributed by atoms with Gasteiger partial charge in [0.1, 0.15) is 0 Å². The summed E-state index contributed by atoms with van der Waals surface area (Å²) in [7, 11) is 0. The molecule has 1 aliphatic rings. The van der Waals surface area contributed by atoms with Crippen molar-refractivity contribution < 1.29 is 19.5 Å². The van der Waals surface area contributed by atoms with Crippen molar-refractivity contribution in [1.29, 1.82) is 0 Å². The van der Waals surface area contributed by atoms with E-state index in [4.69, 9.17) is 16.7 Å². The van der Waals surface area contributed by atoms with Gasteiger partial charge in [-0.3, -0.25) is 14.4 Å². The largest absolute Gasteiger partial charge is 0.394 e. The molecular weight excluding hydrogens is 322 g/mol. The molecule has 0 aliphatic carbocycles. The molecule has 7 nitrogen and oxygen atoms in total. The number of halogens is 1. The maximum absolute atomic E-state index is 11.8. The first-order valence-corrected chi connectivity index (χ1v) is 7.62. The van der Waals surface area contributed by atoms with Crippen LogP contribution in [0.3, 0.4) is 0 Å². The number of rotatable bonds is 4. The molecule has 124 valence electrons. The summed E-state index contributed by atoms with van der Waals surface area (Å²) in [5, 5.41) is 13.9. The van der Waals surface area contributed by atoms with Gasteiger partial charge in [-0.2, -0.15) is 0 Å². The average Bonchev–Trinajstić information content (AvgIpc) is 2.93. The predicted molar refractivity (Wildman–Crippen MR) is 86.4 cm³/mol. The number of hydrogen-bond donors (Lipinski definition) is 3. The molecular formula is C15H18ClN3O4. The monoisotopic (exact) mass is 339 g/mol. The van der Waals surface area contributed by atoms with Crippen LogP contribution in [-0.4, -0.2) is 42.0 Å². The molecule has 3 amide bonds. The van der Waals surface area contributed by atoms with Crippen molar-refractivity contribution in [2.24, 2.45) is 0 Å². The van der Waals surface area contributed by atoms with Crippen LogP contribution >= 0.6 is 11.6 Å². The number of hydrogen-bond acceptors (Lipinski definition) is 4. The van der Waals surface area contributed by atoms with E-state index in [9.17, 15) is 14.4 Å². The zero-order chi connectivity index (χ0) is 17.0. The van der Waals surface area contributed by atoms with Gasteiger partial charge in [0, 0.05) is 24.7 Å². The molecule has 0 saturated carbocycles. The van der Waals surface area contributed by atoms with Gasteiger partial charge in [-0.05, 0) is 31.5 Å². The maximum Gasteiger partial charge on any atom is 0.313 e. The van der Waals surface area contributed by atoms with Crippen LogP contribution < -0.4 is 15.5 Å². The lowest BCUT2D eigenvalue weighted by Crippen LogP contribution is -2.42. The van der Waals surface area contributed by atoms with Gasteiger partial charge < -0.3 is 20.6 Å². The molecule has 0 radical (unpaired) electrons. The highest BCUT2D eigenvalue weighted by Gasteiger charge is 2.24. The SMILES string of the molecule is C[C@H](CO)NC(=O)C(=O)Nc1ccc(N2CCCC2=O)c(Cl)c1. The molecule has 0 bridgehead atoms. The second-order valence-corrected chi connectivity index (χ2v) is 5.73. The molecule has 2 rings (SSSR count).